The molecule has 41 heavy (non-hydrogen) atoms. The van der Waals surface area contributed by atoms with Crippen LogP contribution in [0.2, 0.25) is 0 Å². The highest BCUT2D eigenvalue weighted by Gasteiger charge is 2.28. The molecular formula is C31H39FN6O3. The quantitative estimate of drug-likeness (QED) is 0.333. The minimum Gasteiger partial charge on any atom is -0.477 e. The van der Waals surface area contributed by atoms with E-state index in [2.05, 4.69) is 24.9 Å². The number of Topliss-reactive ketones (excluding diaryl/α,β-unsaturated/α-hetero) is 1. The Morgan fingerprint density at radius 2 is 1.98 bits per heavy atom. The van der Waals surface area contributed by atoms with Gasteiger partial charge in [0.25, 0.3) is 0 Å². The van der Waals surface area contributed by atoms with Gasteiger partial charge >= 0.3 is 0 Å². The van der Waals surface area contributed by atoms with Gasteiger partial charge in [-0.25, -0.2) is 14.4 Å². The maximum atomic E-state index is 15.1. The van der Waals surface area contributed by atoms with E-state index >= 15 is 4.39 Å². The van der Waals surface area contributed by atoms with Crippen LogP contribution < -0.4 is 4.74 Å². The van der Waals surface area contributed by atoms with Crippen LogP contribution in [0.4, 0.5) is 4.39 Å². The fourth-order valence-corrected chi connectivity index (χ4v) is 5.71. The zero-order chi connectivity index (χ0) is 28.9. The molecule has 0 amide bonds. The Bertz CT molecular complexity index is 1410. The average molecular weight is 563 g/mol. The predicted octanol–water partition coefficient (Wildman–Crippen LogP) is 3.09. The lowest BCUT2D eigenvalue weighted by molar-refractivity contribution is -0.123. The fourth-order valence-electron chi connectivity index (χ4n) is 5.71. The summed E-state index contributed by atoms with van der Waals surface area (Å²) in [5.41, 5.74) is 4.85. The first kappa shape index (κ1) is 29.0. The number of carbonyl (C=O) groups is 1. The smallest absolute Gasteiger partial charge is 0.236 e. The number of halogens is 1. The van der Waals surface area contributed by atoms with Crippen molar-refractivity contribution in [2.75, 3.05) is 53.0 Å². The van der Waals surface area contributed by atoms with E-state index in [-0.39, 0.29) is 17.5 Å². The van der Waals surface area contributed by atoms with Crippen LogP contribution in [0.3, 0.4) is 0 Å². The Morgan fingerprint density at radius 3 is 2.73 bits per heavy atom. The van der Waals surface area contributed by atoms with Crippen LogP contribution in [0, 0.1) is 5.82 Å². The number of fused-ring (bicyclic) bond motifs is 1. The van der Waals surface area contributed by atoms with Gasteiger partial charge in [0.2, 0.25) is 5.88 Å². The lowest BCUT2D eigenvalue weighted by atomic mass is 9.94. The zero-order valence-corrected chi connectivity index (χ0v) is 24.4. The average Bonchev–Trinajstić information content (AvgIpc) is 3.56. The van der Waals surface area contributed by atoms with E-state index < -0.39 is 5.82 Å². The third kappa shape index (κ3) is 6.55. The molecule has 1 saturated heterocycles. The minimum atomic E-state index is -0.469. The number of nitrogens with zero attached hydrogens (tertiary/aromatic N) is 6. The number of methoxy groups -OCH3 is 1. The zero-order valence-electron chi connectivity index (χ0n) is 24.4. The number of rotatable bonds is 12. The van der Waals surface area contributed by atoms with E-state index in [1.54, 1.807) is 11.8 Å². The first-order chi connectivity index (χ1) is 19.9. The van der Waals surface area contributed by atoms with Crippen LogP contribution in [-0.4, -0.2) is 94.4 Å². The van der Waals surface area contributed by atoms with Gasteiger partial charge in [0.1, 0.15) is 11.5 Å². The van der Waals surface area contributed by atoms with Gasteiger partial charge < -0.3 is 9.47 Å². The number of allylic oxidation sites excluding steroid dienone is 1. The molecule has 3 heterocycles. The molecule has 1 atom stereocenters. The number of aromatic nitrogens is 4. The van der Waals surface area contributed by atoms with Crippen molar-refractivity contribution in [1.82, 2.24) is 29.5 Å². The molecule has 1 aromatic carbocycles. The van der Waals surface area contributed by atoms with E-state index in [0.717, 1.165) is 67.2 Å². The summed E-state index contributed by atoms with van der Waals surface area (Å²) in [6, 6.07) is 5.80. The number of hydrogen-bond acceptors (Lipinski definition) is 8. The normalized spacial score (nSPS) is 16.5. The highest BCUT2D eigenvalue weighted by Crippen LogP contribution is 2.35. The first-order valence-corrected chi connectivity index (χ1v) is 14.3. The van der Waals surface area contributed by atoms with Gasteiger partial charge in [0.15, 0.2) is 11.6 Å². The maximum absolute atomic E-state index is 15.1. The van der Waals surface area contributed by atoms with Crippen LogP contribution in [0.5, 0.6) is 5.88 Å². The summed E-state index contributed by atoms with van der Waals surface area (Å²) in [6.45, 7) is 9.68. The van der Waals surface area contributed by atoms with Crippen molar-refractivity contribution in [3.63, 3.8) is 0 Å². The van der Waals surface area contributed by atoms with E-state index in [9.17, 15) is 4.79 Å². The van der Waals surface area contributed by atoms with Gasteiger partial charge in [-0.3, -0.25) is 19.3 Å². The molecular weight excluding hydrogens is 523 g/mol. The molecule has 1 fully saturated rings. The SMILES string of the molecule is CCOc1nn(C)cc1Cc1ncc(F)c(C2=CCc3c(CC(=O)[C@@H](C)N4CCN(CCOC)CC4)cccc32)n1. The van der Waals surface area contributed by atoms with Gasteiger partial charge in [-0.15, -0.1) is 5.10 Å². The highest BCUT2D eigenvalue weighted by molar-refractivity contribution is 5.88. The van der Waals surface area contributed by atoms with Gasteiger partial charge in [0.05, 0.1) is 25.5 Å². The van der Waals surface area contributed by atoms with E-state index in [1.807, 2.05) is 51.4 Å². The van der Waals surface area contributed by atoms with Crippen LogP contribution >= 0.6 is 0 Å². The van der Waals surface area contributed by atoms with Crippen molar-refractivity contribution in [3.05, 3.63) is 76.3 Å². The lowest BCUT2D eigenvalue weighted by Gasteiger charge is -2.37. The molecule has 2 aliphatic rings. The Balaban J connectivity index is 1.29. The van der Waals surface area contributed by atoms with E-state index in [1.165, 1.54) is 6.20 Å². The summed E-state index contributed by atoms with van der Waals surface area (Å²) in [7, 11) is 3.55. The molecule has 9 nitrogen and oxygen atoms in total. The molecule has 5 rings (SSSR count). The number of aryl methyl sites for hydroxylation is 1. The van der Waals surface area contributed by atoms with E-state index in [0.29, 0.717) is 37.6 Å². The number of carbonyl (C=O) groups excluding carboxylic acids is 1. The molecule has 0 spiro atoms. The number of ether oxygens (including phenoxy) is 2. The molecule has 218 valence electrons. The van der Waals surface area contributed by atoms with Crippen LogP contribution in [0.1, 0.15) is 47.6 Å². The Kier molecular flexibility index (Phi) is 9.22. The van der Waals surface area contributed by atoms with Gasteiger partial charge in [-0.2, -0.15) is 0 Å². The van der Waals surface area contributed by atoms with Crippen molar-refractivity contribution in [2.24, 2.45) is 7.05 Å². The van der Waals surface area contributed by atoms with Crippen molar-refractivity contribution in [3.8, 4) is 5.88 Å². The molecule has 1 aliphatic carbocycles. The number of benzene rings is 1. The van der Waals surface area contributed by atoms with Gasteiger partial charge in [0, 0.05) is 77.1 Å². The molecule has 0 N–H and O–H groups in total. The highest BCUT2D eigenvalue weighted by atomic mass is 19.1. The standard InChI is InChI=1S/C31H39FN6O3/c1-5-41-31-23(20-36(3)35-31)18-29-33-19-27(32)30(34-29)26-10-9-24-22(7-6-8-25(24)26)17-28(39)21(2)38-13-11-37(12-14-38)15-16-40-4/h6-8,10,19-21H,5,9,11-18H2,1-4H3/t21-/m1/s1. The van der Waals surface area contributed by atoms with Gasteiger partial charge in [-0.05, 0) is 37.0 Å². The summed E-state index contributed by atoms with van der Waals surface area (Å²) in [4.78, 5) is 26.9. The summed E-state index contributed by atoms with van der Waals surface area (Å²) in [5, 5.41) is 4.35. The first-order valence-electron chi connectivity index (χ1n) is 14.3. The largest absolute Gasteiger partial charge is 0.477 e. The predicted molar refractivity (Wildman–Crippen MR) is 154 cm³/mol. The van der Waals surface area contributed by atoms with Crippen molar-refractivity contribution in [2.45, 2.75) is 39.2 Å². The van der Waals surface area contributed by atoms with Crippen LogP contribution in [0.15, 0.2) is 36.7 Å². The van der Waals surface area contributed by atoms with Gasteiger partial charge in [-0.1, -0.05) is 24.3 Å². The van der Waals surface area contributed by atoms with Crippen molar-refractivity contribution in [1.29, 1.82) is 0 Å². The Hall–Kier alpha value is -3.47. The summed E-state index contributed by atoms with van der Waals surface area (Å²) in [5.74, 6) is 0.761. The number of ketones is 1. The monoisotopic (exact) mass is 562 g/mol. The maximum Gasteiger partial charge on any atom is 0.236 e. The van der Waals surface area contributed by atoms with E-state index in [4.69, 9.17) is 9.47 Å². The Labute approximate surface area is 241 Å². The molecule has 1 aliphatic heterocycles. The van der Waals surface area contributed by atoms with Crippen LogP contribution in [0.25, 0.3) is 5.57 Å². The lowest BCUT2D eigenvalue weighted by Crippen LogP contribution is -2.52. The van der Waals surface area contributed by atoms with Crippen LogP contribution in [-0.2, 0) is 35.8 Å². The third-order valence-corrected chi connectivity index (χ3v) is 8.02. The summed E-state index contributed by atoms with van der Waals surface area (Å²) in [6.07, 6.45) is 6.48. The summed E-state index contributed by atoms with van der Waals surface area (Å²) >= 11 is 0. The van der Waals surface area contributed by atoms with Crippen molar-refractivity contribution < 1.29 is 18.7 Å². The fraction of sp³-hybridized carbons (Fsp3) is 0.484. The Morgan fingerprint density at radius 1 is 1.17 bits per heavy atom. The molecule has 0 radical (unpaired) electrons. The second-order valence-corrected chi connectivity index (χ2v) is 10.7. The minimum absolute atomic E-state index is 0.153. The second kappa shape index (κ2) is 13.0. The molecule has 0 bridgehead atoms. The third-order valence-electron chi connectivity index (χ3n) is 8.02. The second-order valence-electron chi connectivity index (χ2n) is 10.7. The molecule has 0 saturated carbocycles. The topological polar surface area (TPSA) is 85.6 Å². The number of hydrogen-bond donors (Lipinski definition) is 0. The molecule has 2 aromatic heterocycles. The summed E-state index contributed by atoms with van der Waals surface area (Å²) < 4.78 is 27.6. The number of piperazine rings is 1. The molecule has 10 heteroatoms. The molecule has 3 aromatic rings. The molecule has 0 unspecified atom stereocenters. The van der Waals surface area contributed by atoms with Crippen molar-refractivity contribution >= 4 is 11.4 Å².